The Balaban J connectivity index is 2.17. The van der Waals surface area contributed by atoms with Crippen LogP contribution in [0.25, 0.3) is 0 Å². The number of hydrogen-bond acceptors (Lipinski definition) is 5. The molecule has 1 amide bonds. The molecule has 7 heteroatoms. The zero-order chi connectivity index (χ0) is 13.8. The molecule has 1 aromatic carbocycles. The van der Waals surface area contributed by atoms with Gasteiger partial charge in [-0.3, -0.25) is 20.3 Å². The summed E-state index contributed by atoms with van der Waals surface area (Å²) in [5, 5.41) is 12.7. The van der Waals surface area contributed by atoms with Crippen LogP contribution in [0.1, 0.15) is 29.6 Å². The number of hydrogen-bond donors (Lipinski definition) is 2. The van der Waals surface area contributed by atoms with Crippen molar-refractivity contribution in [1.82, 2.24) is 10.4 Å². The van der Waals surface area contributed by atoms with Crippen LogP contribution in [0.2, 0.25) is 0 Å². The zero-order valence-electron chi connectivity index (χ0n) is 10.5. The largest absolute Gasteiger partial charge is 0.399 e. The smallest absolute Gasteiger partial charge is 0.282 e. The lowest BCUT2D eigenvalue weighted by Crippen LogP contribution is -2.45. The quantitative estimate of drug-likeness (QED) is 0.487. The van der Waals surface area contributed by atoms with Gasteiger partial charge in [0.05, 0.1) is 4.92 Å². The second-order valence-corrected chi connectivity index (χ2v) is 4.52. The van der Waals surface area contributed by atoms with Crippen molar-refractivity contribution in [3.63, 3.8) is 0 Å². The predicted octanol–water partition coefficient (Wildman–Crippen LogP) is 1.31. The van der Waals surface area contributed by atoms with Crippen LogP contribution in [0, 0.1) is 10.1 Å². The summed E-state index contributed by atoms with van der Waals surface area (Å²) in [7, 11) is 0. The Labute approximate surface area is 110 Å². The molecule has 2 rings (SSSR count). The maximum Gasteiger partial charge on any atom is 0.282 e. The molecule has 0 atom stereocenters. The van der Waals surface area contributed by atoms with E-state index in [-0.39, 0.29) is 11.3 Å². The number of rotatable bonds is 3. The maximum atomic E-state index is 12.1. The van der Waals surface area contributed by atoms with Crippen molar-refractivity contribution in [3.8, 4) is 0 Å². The second-order valence-electron chi connectivity index (χ2n) is 4.52. The summed E-state index contributed by atoms with van der Waals surface area (Å²) in [6, 6.07) is 3.99. The van der Waals surface area contributed by atoms with E-state index < -0.39 is 10.8 Å². The normalized spacial score (nSPS) is 16.0. The van der Waals surface area contributed by atoms with Crippen LogP contribution < -0.4 is 11.2 Å². The van der Waals surface area contributed by atoms with Gasteiger partial charge >= 0.3 is 0 Å². The molecule has 0 unspecified atom stereocenters. The Morgan fingerprint density at radius 3 is 2.63 bits per heavy atom. The van der Waals surface area contributed by atoms with Crippen molar-refractivity contribution >= 4 is 17.3 Å². The summed E-state index contributed by atoms with van der Waals surface area (Å²) < 4.78 is 0. The number of carbonyl (C=O) groups excluding carboxylic acids is 1. The third kappa shape index (κ3) is 3.19. The Morgan fingerprint density at radius 2 is 2.00 bits per heavy atom. The molecule has 1 heterocycles. The highest BCUT2D eigenvalue weighted by Crippen LogP contribution is 2.21. The Morgan fingerprint density at radius 1 is 1.32 bits per heavy atom. The van der Waals surface area contributed by atoms with E-state index in [2.05, 4.69) is 5.43 Å². The van der Waals surface area contributed by atoms with Gasteiger partial charge in [-0.15, -0.1) is 0 Å². The van der Waals surface area contributed by atoms with Gasteiger partial charge in [0, 0.05) is 24.8 Å². The lowest BCUT2D eigenvalue weighted by Gasteiger charge is -2.26. The lowest BCUT2D eigenvalue weighted by atomic mass is 10.1. The molecule has 0 bridgehead atoms. The highest BCUT2D eigenvalue weighted by Gasteiger charge is 2.22. The fraction of sp³-hybridized carbons (Fsp3) is 0.417. The summed E-state index contributed by atoms with van der Waals surface area (Å²) in [6.07, 6.45) is 3.17. The fourth-order valence-electron chi connectivity index (χ4n) is 2.10. The number of nitro groups is 1. The number of nitrogens with zero attached hydrogens (tertiary/aromatic N) is 2. The van der Waals surface area contributed by atoms with Crippen molar-refractivity contribution in [2.24, 2.45) is 0 Å². The molecule has 1 aliphatic rings. The molecule has 0 spiro atoms. The van der Waals surface area contributed by atoms with E-state index >= 15 is 0 Å². The van der Waals surface area contributed by atoms with E-state index in [1.54, 1.807) is 5.01 Å². The number of carbonyl (C=O) groups is 1. The summed E-state index contributed by atoms with van der Waals surface area (Å²) in [5.41, 5.74) is 8.37. The van der Waals surface area contributed by atoms with Crippen LogP contribution in [0.5, 0.6) is 0 Å². The lowest BCUT2D eigenvalue weighted by molar-refractivity contribution is -0.385. The summed E-state index contributed by atoms with van der Waals surface area (Å²) in [6.45, 7) is 1.53. The highest BCUT2D eigenvalue weighted by molar-refractivity contribution is 5.98. The SMILES string of the molecule is Nc1ccc([N+](=O)[O-])c(C(=O)NN2CCCCC2)c1. The molecular formula is C12H16N4O3. The first-order valence-corrected chi connectivity index (χ1v) is 6.18. The van der Waals surface area contributed by atoms with Crippen LogP contribution in [0.3, 0.4) is 0 Å². The number of hydrazine groups is 1. The number of nitrogen functional groups attached to an aromatic ring is 1. The molecule has 0 aromatic heterocycles. The van der Waals surface area contributed by atoms with E-state index in [0.717, 1.165) is 32.4 Å². The van der Waals surface area contributed by atoms with E-state index in [1.807, 2.05) is 0 Å². The predicted molar refractivity (Wildman–Crippen MR) is 70.4 cm³/mol. The highest BCUT2D eigenvalue weighted by atomic mass is 16.6. The summed E-state index contributed by atoms with van der Waals surface area (Å²) in [5.74, 6) is -0.485. The molecule has 1 saturated heterocycles. The number of benzene rings is 1. The molecule has 0 saturated carbocycles. The van der Waals surface area contributed by atoms with Gasteiger partial charge in [-0.2, -0.15) is 0 Å². The minimum Gasteiger partial charge on any atom is -0.399 e. The van der Waals surface area contributed by atoms with E-state index in [4.69, 9.17) is 5.73 Å². The fourth-order valence-corrected chi connectivity index (χ4v) is 2.10. The van der Waals surface area contributed by atoms with Gasteiger partial charge in [0.2, 0.25) is 0 Å². The first-order chi connectivity index (χ1) is 9.08. The Bertz CT molecular complexity index is 498. The summed E-state index contributed by atoms with van der Waals surface area (Å²) in [4.78, 5) is 22.4. The molecule has 102 valence electrons. The Hall–Kier alpha value is -2.15. The van der Waals surface area contributed by atoms with Gasteiger partial charge in [0.15, 0.2) is 0 Å². The average molecular weight is 264 g/mol. The topological polar surface area (TPSA) is 101 Å². The van der Waals surface area contributed by atoms with Crippen LogP contribution in [-0.2, 0) is 0 Å². The minimum absolute atomic E-state index is 0.00410. The molecular weight excluding hydrogens is 248 g/mol. The maximum absolute atomic E-state index is 12.1. The number of nitro benzene ring substituents is 1. The number of nitrogens with one attached hydrogen (secondary N) is 1. The first kappa shape index (κ1) is 13.3. The third-order valence-electron chi connectivity index (χ3n) is 3.08. The van der Waals surface area contributed by atoms with Crippen molar-refractivity contribution in [3.05, 3.63) is 33.9 Å². The van der Waals surface area contributed by atoms with E-state index in [9.17, 15) is 14.9 Å². The van der Waals surface area contributed by atoms with Crippen molar-refractivity contribution in [2.45, 2.75) is 19.3 Å². The van der Waals surface area contributed by atoms with E-state index in [1.165, 1.54) is 18.2 Å². The molecule has 0 aliphatic carbocycles. The van der Waals surface area contributed by atoms with Gasteiger partial charge in [-0.1, -0.05) is 6.42 Å². The molecule has 7 nitrogen and oxygen atoms in total. The average Bonchev–Trinajstić information content (AvgIpc) is 2.39. The molecule has 0 radical (unpaired) electrons. The van der Waals surface area contributed by atoms with Crippen LogP contribution in [-0.4, -0.2) is 28.9 Å². The van der Waals surface area contributed by atoms with Crippen LogP contribution in [0.15, 0.2) is 18.2 Å². The van der Waals surface area contributed by atoms with Crippen molar-refractivity contribution in [1.29, 1.82) is 0 Å². The van der Waals surface area contributed by atoms with Gasteiger partial charge in [0.25, 0.3) is 11.6 Å². The number of piperidine rings is 1. The van der Waals surface area contributed by atoms with Crippen molar-refractivity contribution in [2.75, 3.05) is 18.8 Å². The van der Waals surface area contributed by atoms with Gasteiger partial charge in [-0.25, -0.2) is 5.01 Å². The molecule has 19 heavy (non-hydrogen) atoms. The number of nitrogens with two attached hydrogens (primary N) is 1. The minimum atomic E-state index is -0.579. The van der Waals surface area contributed by atoms with Crippen molar-refractivity contribution < 1.29 is 9.72 Å². The number of amides is 1. The summed E-state index contributed by atoms with van der Waals surface area (Å²) >= 11 is 0. The van der Waals surface area contributed by atoms with E-state index in [0.29, 0.717) is 5.69 Å². The molecule has 3 N–H and O–H groups in total. The molecule has 1 fully saturated rings. The van der Waals surface area contributed by atoms with Gasteiger partial charge in [0.1, 0.15) is 5.56 Å². The first-order valence-electron chi connectivity index (χ1n) is 6.18. The monoisotopic (exact) mass is 264 g/mol. The molecule has 1 aromatic rings. The van der Waals surface area contributed by atoms with Crippen LogP contribution >= 0.6 is 0 Å². The second kappa shape index (κ2) is 5.66. The molecule has 1 aliphatic heterocycles. The third-order valence-corrected chi connectivity index (χ3v) is 3.08. The van der Waals surface area contributed by atoms with Gasteiger partial charge in [-0.05, 0) is 25.0 Å². The Kier molecular flexibility index (Phi) is 3.96. The number of anilines is 1. The van der Waals surface area contributed by atoms with Crippen LogP contribution in [0.4, 0.5) is 11.4 Å². The van der Waals surface area contributed by atoms with Gasteiger partial charge < -0.3 is 5.73 Å². The standard InChI is InChI=1S/C12H16N4O3/c13-9-4-5-11(16(18)19)10(8-9)12(17)14-15-6-2-1-3-7-15/h4-5,8H,1-3,6-7,13H2,(H,14,17). The zero-order valence-corrected chi connectivity index (χ0v) is 10.5.